The van der Waals surface area contributed by atoms with Crippen LogP contribution >= 0.6 is 11.6 Å². The van der Waals surface area contributed by atoms with Crippen molar-refractivity contribution in [1.82, 2.24) is 0 Å². The van der Waals surface area contributed by atoms with Crippen LogP contribution in [0.4, 0.5) is 5.69 Å². The summed E-state index contributed by atoms with van der Waals surface area (Å²) in [6.45, 7) is 1.27. The van der Waals surface area contributed by atoms with Crippen LogP contribution in [-0.2, 0) is 4.79 Å². The molecule has 2 aromatic carbocycles. The fourth-order valence-electron chi connectivity index (χ4n) is 1.81. The smallest absolute Gasteiger partial charge is 0.308 e. The minimum Gasteiger partial charge on any atom is -0.493 e. The maximum atomic E-state index is 12.3. The number of ether oxygens (including phenoxy) is 2. The average Bonchev–Trinajstić information content (AvgIpc) is 2.49. The van der Waals surface area contributed by atoms with Gasteiger partial charge in [0.05, 0.1) is 17.8 Å². The lowest BCUT2D eigenvalue weighted by molar-refractivity contribution is -0.132. The predicted molar refractivity (Wildman–Crippen MR) is 83.7 cm³/mol. The Hall–Kier alpha value is -2.53. The summed E-state index contributed by atoms with van der Waals surface area (Å²) in [5.41, 5.74) is 0.816. The summed E-state index contributed by atoms with van der Waals surface area (Å²) in [7, 11) is 1.45. The van der Waals surface area contributed by atoms with E-state index in [1.165, 1.54) is 20.1 Å². The van der Waals surface area contributed by atoms with Crippen molar-refractivity contribution >= 4 is 29.2 Å². The van der Waals surface area contributed by atoms with Crippen LogP contribution in [0.1, 0.15) is 17.3 Å². The van der Waals surface area contributed by atoms with Crippen molar-refractivity contribution in [3.63, 3.8) is 0 Å². The predicted octanol–water partition coefficient (Wildman–Crippen LogP) is 3.53. The van der Waals surface area contributed by atoms with E-state index in [4.69, 9.17) is 21.1 Å². The largest absolute Gasteiger partial charge is 0.493 e. The quantitative estimate of drug-likeness (QED) is 0.691. The number of anilines is 1. The van der Waals surface area contributed by atoms with Gasteiger partial charge in [0.15, 0.2) is 11.5 Å². The molecule has 0 saturated carbocycles. The SMILES string of the molecule is COc1ccc(C(=O)Nc2ccccc2Cl)cc1OC(C)=O. The van der Waals surface area contributed by atoms with E-state index >= 15 is 0 Å². The number of para-hydroxylation sites is 1. The first-order valence-corrected chi connectivity index (χ1v) is 6.81. The summed E-state index contributed by atoms with van der Waals surface area (Å²) >= 11 is 6.00. The Morgan fingerprint density at radius 1 is 1.09 bits per heavy atom. The van der Waals surface area contributed by atoms with Crippen LogP contribution in [0.25, 0.3) is 0 Å². The molecule has 0 radical (unpaired) electrons. The van der Waals surface area contributed by atoms with Gasteiger partial charge >= 0.3 is 5.97 Å². The maximum absolute atomic E-state index is 12.3. The molecule has 0 atom stereocenters. The molecular weight excluding hydrogens is 306 g/mol. The first kappa shape index (κ1) is 15.9. The molecule has 114 valence electrons. The van der Waals surface area contributed by atoms with E-state index in [0.717, 1.165) is 0 Å². The van der Waals surface area contributed by atoms with E-state index < -0.39 is 5.97 Å². The monoisotopic (exact) mass is 319 g/mol. The minimum atomic E-state index is -0.498. The Bertz CT molecular complexity index is 715. The lowest BCUT2D eigenvalue weighted by Gasteiger charge is -2.11. The molecule has 0 unspecified atom stereocenters. The van der Waals surface area contributed by atoms with Gasteiger partial charge in [-0.15, -0.1) is 0 Å². The van der Waals surface area contributed by atoms with E-state index in [1.807, 2.05) is 0 Å². The maximum Gasteiger partial charge on any atom is 0.308 e. The van der Waals surface area contributed by atoms with E-state index in [1.54, 1.807) is 36.4 Å². The second-order valence-corrected chi connectivity index (χ2v) is 4.80. The summed E-state index contributed by atoms with van der Waals surface area (Å²) in [6, 6.07) is 11.5. The van der Waals surface area contributed by atoms with Gasteiger partial charge in [0, 0.05) is 12.5 Å². The van der Waals surface area contributed by atoms with Gasteiger partial charge in [-0.2, -0.15) is 0 Å². The summed E-state index contributed by atoms with van der Waals surface area (Å²) in [4.78, 5) is 23.4. The molecule has 1 amide bonds. The molecule has 5 nitrogen and oxygen atoms in total. The topological polar surface area (TPSA) is 64.6 Å². The lowest BCUT2D eigenvalue weighted by Crippen LogP contribution is -2.13. The first-order chi connectivity index (χ1) is 10.5. The molecule has 0 aliphatic heterocycles. The molecule has 0 bridgehead atoms. The molecule has 0 aromatic heterocycles. The van der Waals surface area contributed by atoms with Gasteiger partial charge < -0.3 is 14.8 Å². The normalized spacial score (nSPS) is 9.95. The second kappa shape index (κ2) is 6.95. The van der Waals surface area contributed by atoms with Crippen LogP contribution in [0.2, 0.25) is 5.02 Å². The van der Waals surface area contributed by atoms with Gasteiger partial charge in [-0.05, 0) is 30.3 Å². The zero-order valence-corrected chi connectivity index (χ0v) is 12.8. The van der Waals surface area contributed by atoms with Crippen LogP contribution in [-0.4, -0.2) is 19.0 Å². The highest BCUT2D eigenvalue weighted by Gasteiger charge is 2.13. The average molecular weight is 320 g/mol. The minimum absolute atomic E-state index is 0.182. The Morgan fingerprint density at radius 2 is 1.82 bits per heavy atom. The Balaban J connectivity index is 2.26. The van der Waals surface area contributed by atoms with Crippen molar-refractivity contribution < 1.29 is 19.1 Å². The number of esters is 1. The van der Waals surface area contributed by atoms with Crippen molar-refractivity contribution in [1.29, 1.82) is 0 Å². The molecule has 2 rings (SSSR count). The number of nitrogens with one attached hydrogen (secondary N) is 1. The number of hydrogen-bond donors (Lipinski definition) is 1. The summed E-state index contributed by atoms with van der Waals surface area (Å²) < 4.78 is 10.1. The van der Waals surface area contributed by atoms with Gasteiger partial charge in [0.1, 0.15) is 0 Å². The molecule has 0 aliphatic rings. The van der Waals surface area contributed by atoms with E-state index in [9.17, 15) is 9.59 Å². The van der Waals surface area contributed by atoms with Gasteiger partial charge in [0.2, 0.25) is 0 Å². The van der Waals surface area contributed by atoms with Crippen LogP contribution in [0.5, 0.6) is 11.5 Å². The van der Waals surface area contributed by atoms with Crippen LogP contribution in [0.3, 0.4) is 0 Å². The lowest BCUT2D eigenvalue weighted by atomic mass is 10.2. The summed E-state index contributed by atoms with van der Waals surface area (Å²) in [6.07, 6.45) is 0. The zero-order chi connectivity index (χ0) is 16.1. The second-order valence-electron chi connectivity index (χ2n) is 4.39. The third-order valence-corrected chi connectivity index (χ3v) is 3.13. The van der Waals surface area contributed by atoms with Gasteiger partial charge in [-0.3, -0.25) is 9.59 Å². The molecule has 0 spiro atoms. The third-order valence-electron chi connectivity index (χ3n) is 2.80. The van der Waals surface area contributed by atoms with Gasteiger partial charge in [-0.25, -0.2) is 0 Å². The molecule has 0 saturated heterocycles. The Labute approximate surface area is 132 Å². The van der Waals surface area contributed by atoms with Crippen molar-refractivity contribution in [2.24, 2.45) is 0 Å². The fraction of sp³-hybridized carbons (Fsp3) is 0.125. The van der Waals surface area contributed by atoms with E-state index in [0.29, 0.717) is 22.0 Å². The summed E-state index contributed by atoms with van der Waals surface area (Å²) in [5, 5.41) is 3.13. The molecule has 1 N–H and O–H groups in total. The number of halogens is 1. The molecule has 2 aromatic rings. The van der Waals surface area contributed by atoms with E-state index in [2.05, 4.69) is 5.32 Å². The van der Waals surface area contributed by atoms with Crippen molar-refractivity contribution in [2.75, 3.05) is 12.4 Å². The van der Waals surface area contributed by atoms with Crippen LogP contribution in [0, 0.1) is 0 Å². The number of methoxy groups -OCH3 is 1. The molecule has 0 fully saturated rings. The number of benzene rings is 2. The number of hydrogen-bond acceptors (Lipinski definition) is 4. The van der Waals surface area contributed by atoms with E-state index in [-0.39, 0.29) is 11.7 Å². The number of carbonyl (C=O) groups is 2. The highest BCUT2D eigenvalue weighted by atomic mass is 35.5. The van der Waals surface area contributed by atoms with Crippen molar-refractivity contribution in [3.05, 3.63) is 53.1 Å². The highest BCUT2D eigenvalue weighted by Crippen LogP contribution is 2.29. The third kappa shape index (κ3) is 3.77. The van der Waals surface area contributed by atoms with Gasteiger partial charge in [-0.1, -0.05) is 23.7 Å². The molecule has 6 heteroatoms. The Kier molecular flexibility index (Phi) is 5.01. The molecular formula is C16H14ClNO4. The Morgan fingerprint density at radius 3 is 2.45 bits per heavy atom. The van der Waals surface area contributed by atoms with Crippen molar-refractivity contribution in [2.45, 2.75) is 6.92 Å². The van der Waals surface area contributed by atoms with Gasteiger partial charge in [0.25, 0.3) is 5.91 Å². The first-order valence-electron chi connectivity index (χ1n) is 6.43. The number of amides is 1. The molecule has 0 aliphatic carbocycles. The number of carbonyl (C=O) groups excluding carboxylic acids is 2. The molecule has 0 heterocycles. The zero-order valence-electron chi connectivity index (χ0n) is 12.1. The summed E-state index contributed by atoms with van der Waals surface area (Å²) in [5.74, 6) is -0.322. The standard InChI is InChI=1S/C16H14ClNO4/c1-10(19)22-15-9-11(7-8-14(15)21-2)16(20)18-13-6-4-3-5-12(13)17/h3-9H,1-2H3,(H,18,20). The van der Waals surface area contributed by atoms with Crippen LogP contribution in [0.15, 0.2) is 42.5 Å². The number of rotatable bonds is 4. The highest BCUT2D eigenvalue weighted by molar-refractivity contribution is 6.33. The molecule has 22 heavy (non-hydrogen) atoms. The van der Waals surface area contributed by atoms with Crippen LogP contribution < -0.4 is 14.8 Å². The van der Waals surface area contributed by atoms with Crippen molar-refractivity contribution in [3.8, 4) is 11.5 Å². The fourth-order valence-corrected chi connectivity index (χ4v) is 1.99.